The Balaban J connectivity index is 1.61. The molecule has 0 fully saturated rings. The Kier molecular flexibility index (Phi) is 13.9. The molecular formula is C36H52N8O6S. The van der Waals surface area contributed by atoms with E-state index in [2.05, 4.69) is 26.0 Å². The fraction of sp³-hybridized carbons (Fsp3) is 0.583. The van der Waals surface area contributed by atoms with E-state index in [4.69, 9.17) is 14.5 Å². The Morgan fingerprint density at radius 2 is 1.75 bits per heavy atom. The van der Waals surface area contributed by atoms with Gasteiger partial charge >= 0.3 is 0 Å². The summed E-state index contributed by atoms with van der Waals surface area (Å²) in [5, 5.41) is 14.5. The zero-order valence-electron chi connectivity index (χ0n) is 31.0. The number of rotatable bonds is 8. The van der Waals surface area contributed by atoms with Crippen molar-refractivity contribution in [2.45, 2.75) is 98.2 Å². The molecule has 1 aliphatic rings. The summed E-state index contributed by atoms with van der Waals surface area (Å²) in [4.78, 5) is 65.6. The maximum absolute atomic E-state index is 13.7. The van der Waals surface area contributed by atoms with E-state index in [1.807, 2.05) is 46.8 Å². The number of carbonyl (C=O) groups excluding carboxylic acids is 4. The number of nitrogens with zero attached hydrogens (tertiary/aromatic N) is 5. The van der Waals surface area contributed by atoms with Crippen molar-refractivity contribution >= 4 is 35.0 Å². The predicted molar refractivity (Wildman–Crippen MR) is 194 cm³/mol. The lowest BCUT2D eigenvalue weighted by Crippen LogP contribution is -2.51. The summed E-state index contributed by atoms with van der Waals surface area (Å²) >= 11 is 1.40. The highest BCUT2D eigenvalue weighted by atomic mass is 32.1. The van der Waals surface area contributed by atoms with Gasteiger partial charge in [0.05, 0.1) is 31.0 Å². The average Bonchev–Trinajstić information content (AvgIpc) is 3.69. The number of carbonyl (C=O) groups is 4. The maximum Gasteiger partial charge on any atom is 0.265 e. The summed E-state index contributed by atoms with van der Waals surface area (Å²) in [6.07, 6.45) is 2.07. The van der Waals surface area contributed by atoms with Crippen LogP contribution < -0.4 is 25.4 Å². The third-order valence-electron chi connectivity index (χ3n) is 8.95. The third kappa shape index (κ3) is 10.3. The van der Waals surface area contributed by atoms with E-state index in [0.29, 0.717) is 79.0 Å². The van der Waals surface area contributed by atoms with Crippen LogP contribution in [-0.4, -0.2) is 88.2 Å². The first kappa shape index (κ1) is 39.3. The molecule has 0 bridgehead atoms. The number of nitrogens with one attached hydrogen (secondary N) is 3. The van der Waals surface area contributed by atoms with E-state index in [1.165, 1.54) is 16.0 Å². The number of aromatic nitrogens is 4. The zero-order valence-corrected chi connectivity index (χ0v) is 31.8. The van der Waals surface area contributed by atoms with Crippen molar-refractivity contribution < 1.29 is 28.7 Å². The van der Waals surface area contributed by atoms with Crippen molar-refractivity contribution in [1.29, 1.82) is 0 Å². The molecule has 3 aromatic rings. The molecule has 0 unspecified atom stereocenters. The normalized spacial score (nSPS) is 18.9. The minimum absolute atomic E-state index is 0.124. The molecule has 3 N–H and O–H groups in total. The molecule has 0 radical (unpaired) electrons. The van der Waals surface area contributed by atoms with Crippen molar-refractivity contribution in [3.05, 3.63) is 51.0 Å². The summed E-state index contributed by atoms with van der Waals surface area (Å²) in [7, 11) is 3.13. The molecule has 1 aliphatic heterocycles. The minimum atomic E-state index is -0.790. The van der Waals surface area contributed by atoms with Crippen LogP contribution in [0.3, 0.4) is 0 Å². The Labute approximate surface area is 304 Å². The Hall–Kier alpha value is -4.53. The number of aryl methyl sites for hydroxylation is 1. The summed E-state index contributed by atoms with van der Waals surface area (Å²) in [5.74, 6) is 1.03. The van der Waals surface area contributed by atoms with Crippen LogP contribution in [-0.2, 0) is 27.3 Å². The van der Waals surface area contributed by atoms with Gasteiger partial charge in [0.2, 0.25) is 17.7 Å². The van der Waals surface area contributed by atoms with Crippen LogP contribution in [0, 0.1) is 12.8 Å². The topological polar surface area (TPSA) is 170 Å². The van der Waals surface area contributed by atoms with Crippen LogP contribution in [0.25, 0.3) is 0 Å². The highest BCUT2D eigenvalue weighted by Crippen LogP contribution is 2.29. The van der Waals surface area contributed by atoms with Gasteiger partial charge in [0.25, 0.3) is 5.91 Å². The van der Waals surface area contributed by atoms with Crippen LogP contribution in [0.2, 0.25) is 0 Å². The number of hydrogen-bond acceptors (Lipinski definition) is 10. The van der Waals surface area contributed by atoms with Crippen LogP contribution in [0.1, 0.15) is 110 Å². The molecule has 278 valence electrons. The lowest BCUT2D eigenvalue weighted by molar-refractivity contribution is -0.130. The van der Waals surface area contributed by atoms with Crippen molar-refractivity contribution in [2.24, 2.45) is 5.92 Å². The van der Waals surface area contributed by atoms with Crippen molar-refractivity contribution in [3.8, 4) is 11.5 Å². The lowest BCUT2D eigenvalue weighted by Gasteiger charge is -2.26. The van der Waals surface area contributed by atoms with Gasteiger partial charge in [-0.3, -0.25) is 19.2 Å². The minimum Gasteiger partial charge on any atom is -0.493 e. The molecule has 2 aromatic heterocycles. The Bertz CT molecular complexity index is 1690. The van der Waals surface area contributed by atoms with Crippen molar-refractivity contribution in [3.63, 3.8) is 0 Å². The zero-order chi connectivity index (χ0) is 37.2. The SMILES string of the molecule is CC[C@H](C)[C@@H]1NC(=O)CCCN(C(=O)c2sc(C(C)C)nc2C)CCCNC(=O)Cn2nc(Cc3ccc(OC)c(OC)c3)nc2[C@@H](C)NC1=O. The third-order valence-corrected chi connectivity index (χ3v) is 10.4. The molecule has 1 aromatic carbocycles. The number of thiazole rings is 1. The van der Waals surface area contributed by atoms with Crippen molar-refractivity contribution in [2.75, 3.05) is 33.9 Å². The molecule has 4 rings (SSSR count). The Morgan fingerprint density at radius 1 is 1.02 bits per heavy atom. The molecule has 14 nitrogen and oxygen atoms in total. The van der Waals surface area contributed by atoms with Crippen LogP contribution in [0.4, 0.5) is 0 Å². The standard InChI is InChI=1S/C36H52N8O6S/c1-9-22(4)31-34(47)38-24(6)33-40-28(19-25-13-14-26(49-7)27(18-25)50-8)42-44(33)20-30(46)37-15-11-17-43(16-10-12-29(45)41-31)36(48)32-23(5)39-35(51-32)21(2)3/h13-14,18,21-22,24,31H,9-12,15-17,19-20H2,1-8H3,(H,37,46)(H,38,47)(H,41,45)/t22-,24+,31-/m0/s1. The average molecular weight is 725 g/mol. The first-order valence-corrected chi connectivity index (χ1v) is 18.4. The van der Waals surface area contributed by atoms with Gasteiger partial charge in [-0.25, -0.2) is 14.6 Å². The summed E-state index contributed by atoms with van der Waals surface area (Å²) in [6.45, 7) is 12.5. The van der Waals surface area contributed by atoms with E-state index in [0.717, 1.165) is 10.6 Å². The monoisotopic (exact) mass is 724 g/mol. The fourth-order valence-corrected chi connectivity index (χ4v) is 6.88. The molecule has 3 atom stereocenters. The molecule has 0 saturated heterocycles. The smallest absolute Gasteiger partial charge is 0.265 e. The van der Waals surface area contributed by atoms with Gasteiger partial charge in [0.15, 0.2) is 17.3 Å². The number of benzene rings is 1. The van der Waals surface area contributed by atoms with Gasteiger partial charge in [-0.05, 0) is 50.3 Å². The van der Waals surface area contributed by atoms with Gasteiger partial charge in [0.1, 0.15) is 23.3 Å². The molecule has 51 heavy (non-hydrogen) atoms. The first-order chi connectivity index (χ1) is 24.3. The van der Waals surface area contributed by atoms with Gasteiger partial charge < -0.3 is 30.3 Å². The highest BCUT2D eigenvalue weighted by Gasteiger charge is 2.29. The number of ether oxygens (including phenoxy) is 2. The molecule has 0 spiro atoms. The molecular weight excluding hydrogens is 673 g/mol. The second-order valence-electron chi connectivity index (χ2n) is 13.3. The number of hydrogen-bond donors (Lipinski definition) is 3. The van der Waals surface area contributed by atoms with Gasteiger partial charge in [-0.2, -0.15) is 5.10 Å². The van der Waals surface area contributed by atoms with Crippen LogP contribution in [0.15, 0.2) is 18.2 Å². The maximum atomic E-state index is 13.7. The van der Waals surface area contributed by atoms with Gasteiger partial charge in [-0.1, -0.05) is 40.2 Å². The fourth-order valence-electron chi connectivity index (χ4n) is 5.84. The quantitative estimate of drug-likeness (QED) is 0.312. The van der Waals surface area contributed by atoms with Crippen LogP contribution >= 0.6 is 11.3 Å². The summed E-state index contributed by atoms with van der Waals surface area (Å²) < 4.78 is 12.3. The van der Waals surface area contributed by atoms with Crippen LogP contribution in [0.5, 0.6) is 11.5 Å². The van der Waals surface area contributed by atoms with E-state index >= 15 is 0 Å². The second-order valence-corrected chi connectivity index (χ2v) is 14.3. The van der Waals surface area contributed by atoms with Crippen molar-refractivity contribution in [1.82, 2.24) is 40.6 Å². The highest BCUT2D eigenvalue weighted by molar-refractivity contribution is 7.13. The molecule has 15 heteroatoms. The molecule has 4 amide bonds. The lowest BCUT2D eigenvalue weighted by atomic mass is 9.97. The summed E-state index contributed by atoms with van der Waals surface area (Å²) in [5.41, 5.74) is 1.56. The van der Waals surface area contributed by atoms with E-state index in [-0.39, 0.29) is 48.4 Å². The predicted octanol–water partition coefficient (Wildman–Crippen LogP) is 3.93. The second kappa shape index (κ2) is 18.1. The van der Waals surface area contributed by atoms with Gasteiger partial charge in [-0.15, -0.1) is 11.3 Å². The molecule has 0 aliphatic carbocycles. The largest absolute Gasteiger partial charge is 0.493 e. The van der Waals surface area contributed by atoms with E-state index in [9.17, 15) is 19.2 Å². The number of amides is 4. The molecule has 0 saturated carbocycles. The molecule has 3 heterocycles. The van der Waals surface area contributed by atoms with E-state index < -0.39 is 12.1 Å². The Morgan fingerprint density at radius 3 is 2.41 bits per heavy atom. The van der Waals surface area contributed by atoms with Gasteiger partial charge in [0, 0.05) is 38.4 Å². The number of fused-ring (bicyclic) bond motifs is 1. The van der Waals surface area contributed by atoms with E-state index in [1.54, 1.807) is 32.1 Å². The number of methoxy groups -OCH3 is 2. The summed E-state index contributed by atoms with van der Waals surface area (Å²) in [6, 6.07) is 4.13. The first-order valence-electron chi connectivity index (χ1n) is 17.6.